The van der Waals surface area contributed by atoms with Gasteiger partial charge in [0.25, 0.3) is 0 Å². The topological polar surface area (TPSA) is 97.4 Å². The van der Waals surface area contributed by atoms with Crippen LogP contribution in [0.15, 0.2) is 0 Å². The van der Waals surface area contributed by atoms with E-state index >= 15 is 0 Å². The molecule has 8 heteroatoms. The van der Waals surface area contributed by atoms with Crippen LogP contribution in [0, 0.1) is 11.8 Å². The molecule has 4 atom stereocenters. The van der Waals surface area contributed by atoms with Crippen molar-refractivity contribution < 1.29 is 38.1 Å². The molecule has 142 valence electrons. The normalized spacial score (nSPS) is 28.9. The molecule has 1 saturated carbocycles. The van der Waals surface area contributed by atoms with Crippen molar-refractivity contribution in [3.8, 4) is 0 Å². The zero-order chi connectivity index (χ0) is 18.7. The molecule has 0 amide bonds. The second-order valence-corrected chi connectivity index (χ2v) is 6.92. The lowest BCUT2D eigenvalue weighted by atomic mass is 10.2. The Morgan fingerprint density at radius 2 is 1.44 bits per heavy atom. The molecule has 25 heavy (non-hydrogen) atoms. The molecule has 1 aliphatic carbocycles. The molecule has 0 aromatic heterocycles. The van der Waals surface area contributed by atoms with E-state index in [1.54, 1.807) is 27.7 Å². The van der Waals surface area contributed by atoms with E-state index in [1.165, 1.54) is 6.92 Å². The summed E-state index contributed by atoms with van der Waals surface area (Å²) < 4.78 is 26.6. The Hall–Kier alpha value is -1.67. The van der Waals surface area contributed by atoms with E-state index < -0.39 is 30.4 Å². The van der Waals surface area contributed by atoms with Crippen LogP contribution in [0.2, 0.25) is 0 Å². The maximum atomic E-state index is 12.2. The summed E-state index contributed by atoms with van der Waals surface area (Å²) in [5.74, 6) is -1.60. The summed E-state index contributed by atoms with van der Waals surface area (Å²) in [6, 6.07) is 0. The molecule has 0 radical (unpaired) electrons. The summed E-state index contributed by atoms with van der Waals surface area (Å²) in [5.41, 5.74) is 0. The monoisotopic (exact) mass is 358 g/mol. The highest BCUT2D eigenvalue weighted by Crippen LogP contribution is 2.46. The Kier molecular flexibility index (Phi) is 6.40. The van der Waals surface area contributed by atoms with Crippen LogP contribution >= 0.6 is 0 Å². The molecule has 8 nitrogen and oxygen atoms in total. The minimum atomic E-state index is -1.16. The van der Waals surface area contributed by atoms with Gasteiger partial charge in [0.2, 0.25) is 0 Å². The van der Waals surface area contributed by atoms with Crippen molar-refractivity contribution in [1.29, 1.82) is 0 Å². The Bertz CT molecular complexity index is 485. The van der Waals surface area contributed by atoms with Crippen molar-refractivity contribution in [1.82, 2.24) is 0 Å². The number of rotatable bonds is 7. The highest BCUT2D eigenvalue weighted by Gasteiger charge is 2.55. The number of carbonyl (C=O) groups is 3. The largest absolute Gasteiger partial charge is 0.466 e. The fourth-order valence-electron chi connectivity index (χ4n) is 2.64. The standard InChI is InChI=1S/C17H26O8/c1-8(2)22-15(19)13-14(16(20)23-9(3)4)25-17(24-13)12-6-11(12)7-21-10(5)18/h8-9,11-14,17H,6-7H2,1-5H3/t11-,12-,13+,14+/m1/s1. The minimum absolute atomic E-state index is 0.0365. The minimum Gasteiger partial charge on any atom is -0.466 e. The maximum Gasteiger partial charge on any atom is 0.339 e. The Balaban J connectivity index is 1.99. The van der Waals surface area contributed by atoms with Crippen molar-refractivity contribution in [2.24, 2.45) is 11.8 Å². The van der Waals surface area contributed by atoms with Gasteiger partial charge in [-0.25, -0.2) is 9.59 Å². The van der Waals surface area contributed by atoms with E-state index in [1.807, 2.05) is 0 Å². The van der Waals surface area contributed by atoms with Gasteiger partial charge in [0, 0.05) is 18.8 Å². The first kappa shape index (κ1) is 19.7. The molecule has 0 N–H and O–H groups in total. The summed E-state index contributed by atoms with van der Waals surface area (Å²) in [4.78, 5) is 35.4. The molecule has 0 aromatic rings. The highest BCUT2D eigenvalue weighted by molar-refractivity contribution is 5.86. The van der Waals surface area contributed by atoms with Crippen LogP contribution in [0.4, 0.5) is 0 Å². The van der Waals surface area contributed by atoms with Gasteiger partial charge >= 0.3 is 17.9 Å². The van der Waals surface area contributed by atoms with Gasteiger partial charge in [0.05, 0.1) is 18.8 Å². The smallest absolute Gasteiger partial charge is 0.339 e. The van der Waals surface area contributed by atoms with Crippen molar-refractivity contribution >= 4 is 17.9 Å². The summed E-state index contributed by atoms with van der Waals surface area (Å²) >= 11 is 0. The number of carbonyl (C=O) groups excluding carboxylic acids is 3. The lowest BCUT2D eigenvalue weighted by Crippen LogP contribution is -2.40. The molecule has 0 aromatic carbocycles. The van der Waals surface area contributed by atoms with Crippen LogP contribution in [0.25, 0.3) is 0 Å². The molecular weight excluding hydrogens is 332 g/mol. The molecule has 0 bridgehead atoms. The Morgan fingerprint density at radius 3 is 1.84 bits per heavy atom. The second kappa shape index (κ2) is 8.14. The van der Waals surface area contributed by atoms with Gasteiger partial charge in [-0.3, -0.25) is 4.79 Å². The molecule has 0 unspecified atom stereocenters. The average molecular weight is 358 g/mol. The highest BCUT2D eigenvalue weighted by atomic mass is 16.8. The summed E-state index contributed by atoms with van der Waals surface area (Å²) in [7, 11) is 0. The zero-order valence-corrected chi connectivity index (χ0v) is 15.2. The van der Waals surface area contributed by atoms with Gasteiger partial charge in [0.15, 0.2) is 18.5 Å². The molecule has 2 fully saturated rings. The predicted octanol–water partition coefficient (Wildman–Crippen LogP) is 1.20. The molecule has 2 aliphatic rings. The van der Waals surface area contributed by atoms with Crippen LogP contribution in [0.1, 0.15) is 41.0 Å². The third-order valence-electron chi connectivity index (χ3n) is 3.83. The van der Waals surface area contributed by atoms with E-state index in [4.69, 9.17) is 23.7 Å². The first-order valence-electron chi connectivity index (χ1n) is 8.54. The number of ether oxygens (including phenoxy) is 5. The van der Waals surface area contributed by atoms with Crippen molar-refractivity contribution in [3.05, 3.63) is 0 Å². The van der Waals surface area contributed by atoms with Crippen LogP contribution in [0.3, 0.4) is 0 Å². The number of hydrogen-bond donors (Lipinski definition) is 0. The summed E-state index contributed by atoms with van der Waals surface area (Å²) in [5, 5.41) is 0. The summed E-state index contributed by atoms with van der Waals surface area (Å²) in [6.45, 7) is 8.46. The van der Waals surface area contributed by atoms with E-state index in [0.717, 1.165) is 6.42 Å². The fourth-order valence-corrected chi connectivity index (χ4v) is 2.64. The van der Waals surface area contributed by atoms with Crippen LogP contribution < -0.4 is 0 Å². The third-order valence-corrected chi connectivity index (χ3v) is 3.83. The van der Waals surface area contributed by atoms with Crippen LogP contribution in [-0.4, -0.2) is 55.2 Å². The SMILES string of the molecule is CC(=O)OC[C@H]1C[C@H]1C1O[C@H](C(=O)OC(C)C)[C@@H](C(=O)OC(C)C)O1. The van der Waals surface area contributed by atoms with Crippen molar-refractivity contribution in [2.75, 3.05) is 6.61 Å². The van der Waals surface area contributed by atoms with E-state index in [9.17, 15) is 14.4 Å². The fraction of sp³-hybridized carbons (Fsp3) is 0.824. The van der Waals surface area contributed by atoms with E-state index in [2.05, 4.69) is 0 Å². The second-order valence-electron chi connectivity index (χ2n) is 6.92. The maximum absolute atomic E-state index is 12.2. The third kappa shape index (κ3) is 5.40. The van der Waals surface area contributed by atoms with Crippen molar-refractivity contribution in [2.45, 2.75) is 71.7 Å². The molecule has 1 aliphatic heterocycles. The van der Waals surface area contributed by atoms with Gasteiger partial charge in [0.1, 0.15) is 0 Å². The van der Waals surface area contributed by atoms with E-state index in [0.29, 0.717) is 0 Å². The number of hydrogen-bond acceptors (Lipinski definition) is 8. The van der Waals surface area contributed by atoms with Gasteiger partial charge in [-0.1, -0.05) is 0 Å². The number of esters is 3. The lowest BCUT2D eigenvalue weighted by molar-refractivity contribution is -0.167. The van der Waals surface area contributed by atoms with Crippen LogP contribution in [0.5, 0.6) is 0 Å². The first-order chi connectivity index (χ1) is 11.7. The average Bonchev–Trinajstić information content (AvgIpc) is 3.11. The predicted molar refractivity (Wildman–Crippen MR) is 84.2 cm³/mol. The lowest BCUT2D eigenvalue weighted by Gasteiger charge is -2.17. The molecule has 0 spiro atoms. The van der Waals surface area contributed by atoms with Crippen molar-refractivity contribution in [3.63, 3.8) is 0 Å². The zero-order valence-electron chi connectivity index (χ0n) is 15.2. The van der Waals surface area contributed by atoms with Gasteiger partial charge < -0.3 is 23.7 Å². The van der Waals surface area contributed by atoms with Crippen LogP contribution in [-0.2, 0) is 38.1 Å². The Labute approximate surface area is 147 Å². The summed E-state index contributed by atoms with van der Waals surface area (Å²) in [6.07, 6.45) is -2.99. The molecular formula is C17H26O8. The quantitative estimate of drug-likeness (QED) is 0.495. The van der Waals surface area contributed by atoms with Gasteiger partial charge in [-0.2, -0.15) is 0 Å². The van der Waals surface area contributed by atoms with Gasteiger partial charge in [-0.05, 0) is 34.1 Å². The molecule has 1 saturated heterocycles. The molecule has 1 heterocycles. The first-order valence-corrected chi connectivity index (χ1v) is 8.54. The Morgan fingerprint density at radius 1 is 0.960 bits per heavy atom. The van der Waals surface area contributed by atoms with E-state index in [-0.39, 0.29) is 36.6 Å². The van der Waals surface area contributed by atoms with Gasteiger partial charge in [-0.15, -0.1) is 0 Å². The molecule has 2 rings (SSSR count).